The second-order valence-corrected chi connectivity index (χ2v) is 2.77. The molecule has 78 valence electrons. The van der Waals surface area contributed by atoms with Gasteiger partial charge in [0.1, 0.15) is 0 Å². The van der Waals surface area contributed by atoms with Crippen molar-refractivity contribution in [2.24, 2.45) is 0 Å². The zero-order valence-electron chi connectivity index (χ0n) is 8.80. The molecule has 4 nitrogen and oxygen atoms in total. The van der Waals surface area contributed by atoms with Crippen LogP contribution in [0.4, 0.5) is 0 Å². The largest absolute Gasteiger partial charge is 0.383 e. The van der Waals surface area contributed by atoms with Gasteiger partial charge in [0.25, 0.3) is 0 Å². The first-order valence-electron chi connectivity index (χ1n) is 4.56. The number of rotatable bonds is 7. The van der Waals surface area contributed by atoms with Gasteiger partial charge in [-0.05, 0) is 0 Å². The molecular weight excluding hydrogens is 168 g/mol. The maximum atomic E-state index is 7.67. The molecule has 0 aliphatic heterocycles. The Morgan fingerprint density at radius 1 is 1.15 bits per heavy atom. The summed E-state index contributed by atoms with van der Waals surface area (Å²) in [5, 5.41) is 7.67. The van der Waals surface area contributed by atoms with E-state index in [4.69, 9.17) is 14.9 Å². The van der Waals surface area contributed by atoms with Crippen molar-refractivity contribution in [1.29, 1.82) is 5.41 Å². The minimum absolute atomic E-state index is 0.647. The van der Waals surface area contributed by atoms with Crippen molar-refractivity contribution in [3.8, 4) is 0 Å². The minimum atomic E-state index is 0.647. The SMILES string of the molecule is CCC(=N)N(CCOC)CCOC. The van der Waals surface area contributed by atoms with Crippen LogP contribution in [0.5, 0.6) is 0 Å². The quantitative estimate of drug-likeness (QED) is 0.478. The van der Waals surface area contributed by atoms with Crippen LogP contribution in [0.3, 0.4) is 0 Å². The van der Waals surface area contributed by atoms with Crippen LogP contribution < -0.4 is 0 Å². The zero-order chi connectivity index (χ0) is 10.1. The molecule has 0 aliphatic rings. The molecule has 0 unspecified atom stereocenters. The summed E-state index contributed by atoms with van der Waals surface area (Å²) in [5.74, 6) is 0.647. The molecule has 0 fully saturated rings. The van der Waals surface area contributed by atoms with E-state index in [-0.39, 0.29) is 0 Å². The van der Waals surface area contributed by atoms with Gasteiger partial charge < -0.3 is 14.4 Å². The lowest BCUT2D eigenvalue weighted by molar-refractivity contribution is 0.145. The van der Waals surface area contributed by atoms with Crippen molar-refractivity contribution in [3.63, 3.8) is 0 Å². The lowest BCUT2D eigenvalue weighted by Crippen LogP contribution is -2.35. The van der Waals surface area contributed by atoms with Gasteiger partial charge in [-0.15, -0.1) is 0 Å². The Labute approximate surface area is 80.3 Å². The fourth-order valence-electron chi connectivity index (χ4n) is 1.01. The number of methoxy groups -OCH3 is 2. The number of hydrogen-bond acceptors (Lipinski definition) is 3. The average Bonchev–Trinajstić information content (AvgIpc) is 2.17. The van der Waals surface area contributed by atoms with E-state index in [1.165, 1.54) is 0 Å². The molecule has 0 radical (unpaired) electrons. The van der Waals surface area contributed by atoms with Gasteiger partial charge in [-0.2, -0.15) is 0 Å². The third-order valence-corrected chi connectivity index (χ3v) is 1.85. The Morgan fingerprint density at radius 2 is 1.62 bits per heavy atom. The van der Waals surface area contributed by atoms with Crippen molar-refractivity contribution in [2.75, 3.05) is 40.5 Å². The van der Waals surface area contributed by atoms with Crippen LogP contribution in [0, 0.1) is 5.41 Å². The molecule has 0 spiro atoms. The van der Waals surface area contributed by atoms with Crippen LogP contribution in [0.15, 0.2) is 0 Å². The molecule has 13 heavy (non-hydrogen) atoms. The highest BCUT2D eigenvalue weighted by Crippen LogP contribution is 1.94. The molecule has 0 aromatic rings. The summed E-state index contributed by atoms with van der Waals surface area (Å²) in [4.78, 5) is 1.98. The van der Waals surface area contributed by atoms with Gasteiger partial charge in [0, 0.05) is 33.7 Å². The highest BCUT2D eigenvalue weighted by atomic mass is 16.5. The van der Waals surface area contributed by atoms with E-state index in [0.29, 0.717) is 19.0 Å². The number of nitrogens with one attached hydrogen (secondary N) is 1. The summed E-state index contributed by atoms with van der Waals surface area (Å²) >= 11 is 0. The second kappa shape index (κ2) is 8.01. The van der Waals surface area contributed by atoms with Gasteiger partial charge in [0.2, 0.25) is 0 Å². The fourth-order valence-corrected chi connectivity index (χ4v) is 1.01. The summed E-state index contributed by atoms with van der Waals surface area (Å²) in [5.41, 5.74) is 0. The Kier molecular flexibility index (Phi) is 7.63. The van der Waals surface area contributed by atoms with Crippen LogP contribution in [-0.2, 0) is 9.47 Å². The van der Waals surface area contributed by atoms with Gasteiger partial charge in [0.05, 0.1) is 19.0 Å². The van der Waals surface area contributed by atoms with Crippen molar-refractivity contribution < 1.29 is 9.47 Å². The Balaban J connectivity index is 3.79. The van der Waals surface area contributed by atoms with Crippen LogP contribution in [-0.4, -0.2) is 51.3 Å². The van der Waals surface area contributed by atoms with Crippen LogP contribution in [0.2, 0.25) is 0 Å². The Morgan fingerprint density at radius 3 is 1.92 bits per heavy atom. The fraction of sp³-hybridized carbons (Fsp3) is 0.889. The van der Waals surface area contributed by atoms with E-state index in [1.807, 2.05) is 11.8 Å². The highest BCUT2D eigenvalue weighted by Gasteiger charge is 2.06. The number of amidine groups is 1. The summed E-state index contributed by atoms with van der Waals surface area (Å²) in [7, 11) is 3.34. The van der Waals surface area contributed by atoms with Crippen LogP contribution >= 0.6 is 0 Å². The number of hydrogen-bond donors (Lipinski definition) is 1. The smallest absolute Gasteiger partial charge is 0.0956 e. The van der Waals surface area contributed by atoms with Crippen molar-refractivity contribution in [3.05, 3.63) is 0 Å². The molecular formula is C9H20N2O2. The van der Waals surface area contributed by atoms with Gasteiger partial charge in [-0.3, -0.25) is 5.41 Å². The lowest BCUT2D eigenvalue weighted by atomic mass is 10.3. The third-order valence-electron chi connectivity index (χ3n) is 1.85. The van der Waals surface area contributed by atoms with Gasteiger partial charge >= 0.3 is 0 Å². The number of nitrogens with zero attached hydrogens (tertiary/aromatic N) is 1. The Hall–Kier alpha value is -0.610. The molecule has 0 heterocycles. The molecule has 0 saturated carbocycles. The number of ether oxygens (including phenoxy) is 2. The lowest BCUT2D eigenvalue weighted by Gasteiger charge is -2.23. The third kappa shape index (κ3) is 5.60. The average molecular weight is 188 g/mol. The molecule has 0 atom stereocenters. The van der Waals surface area contributed by atoms with E-state index in [1.54, 1.807) is 14.2 Å². The zero-order valence-corrected chi connectivity index (χ0v) is 8.80. The summed E-state index contributed by atoms with van der Waals surface area (Å²) in [6, 6.07) is 0. The van der Waals surface area contributed by atoms with E-state index in [2.05, 4.69) is 0 Å². The molecule has 0 saturated heterocycles. The molecule has 0 rings (SSSR count). The summed E-state index contributed by atoms with van der Waals surface area (Å²) in [6.07, 6.45) is 0.757. The Bertz CT molecular complexity index is 132. The molecule has 0 aromatic carbocycles. The van der Waals surface area contributed by atoms with Crippen LogP contribution in [0.25, 0.3) is 0 Å². The predicted octanol–water partition coefficient (Wildman–Crippen LogP) is 0.968. The van der Waals surface area contributed by atoms with Crippen molar-refractivity contribution in [2.45, 2.75) is 13.3 Å². The molecule has 0 aromatic heterocycles. The topological polar surface area (TPSA) is 45.6 Å². The van der Waals surface area contributed by atoms with Gasteiger partial charge in [-0.1, -0.05) is 6.92 Å². The highest BCUT2D eigenvalue weighted by molar-refractivity contribution is 5.78. The molecule has 0 aliphatic carbocycles. The van der Waals surface area contributed by atoms with E-state index < -0.39 is 0 Å². The molecule has 0 bridgehead atoms. The molecule has 0 amide bonds. The van der Waals surface area contributed by atoms with Crippen LogP contribution in [0.1, 0.15) is 13.3 Å². The van der Waals surface area contributed by atoms with Gasteiger partial charge in [0.15, 0.2) is 0 Å². The van der Waals surface area contributed by atoms with Gasteiger partial charge in [-0.25, -0.2) is 0 Å². The minimum Gasteiger partial charge on any atom is -0.383 e. The normalized spacial score (nSPS) is 10.1. The maximum absolute atomic E-state index is 7.67. The first-order chi connectivity index (χ1) is 6.26. The summed E-state index contributed by atoms with van der Waals surface area (Å²) < 4.78 is 9.94. The predicted molar refractivity (Wildman–Crippen MR) is 53.3 cm³/mol. The first-order valence-corrected chi connectivity index (χ1v) is 4.56. The van der Waals surface area contributed by atoms with E-state index in [9.17, 15) is 0 Å². The maximum Gasteiger partial charge on any atom is 0.0956 e. The molecule has 1 N–H and O–H groups in total. The van der Waals surface area contributed by atoms with Crippen molar-refractivity contribution in [1.82, 2.24) is 4.90 Å². The first kappa shape index (κ1) is 12.4. The van der Waals surface area contributed by atoms with E-state index >= 15 is 0 Å². The second-order valence-electron chi connectivity index (χ2n) is 2.77. The monoisotopic (exact) mass is 188 g/mol. The van der Waals surface area contributed by atoms with E-state index in [0.717, 1.165) is 19.5 Å². The molecule has 4 heteroatoms. The standard InChI is InChI=1S/C9H20N2O2/c1-4-9(10)11(5-7-12-2)6-8-13-3/h10H,4-8H2,1-3H3. The summed E-state index contributed by atoms with van der Waals surface area (Å²) in [6.45, 7) is 4.84. The van der Waals surface area contributed by atoms with Crippen molar-refractivity contribution >= 4 is 5.84 Å².